The average Bonchev–Trinajstić information content (AvgIpc) is 2.43. The van der Waals surface area contributed by atoms with E-state index < -0.39 is 0 Å². The lowest BCUT2D eigenvalue weighted by Crippen LogP contribution is -1.86. The monoisotopic (exact) mass is 239 g/mol. The molecule has 92 valence electrons. The Balaban J connectivity index is 0.000000184. The topological polar surface area (TPSA) is 38.7 Å². The molecule has 2 aromatic rings. The summed E-state index contributed by atoms with van der Waals surface area (Å²) in [5, 5.41) is 0. The van der Waals surface area contributed by atoms with E-state index in [1.165, 1.54) is 5.56 Å². The van der Waals surface area contributed by atoms with Gasteiger partial charge in [0.1, 0.15) is 0 Å². The zero-order valence-corrected chi connectivity index (χ0v) is 10.8. The lowest BCUT2D eigenvalue weighted by Gasteiger charge is -1.98. The molecule has 0 aliphatic carbocycles. The third-order valence-electron chi connectivity index (χ3n) is 2.37. The summed E-state index contributed by atoms with van der Waals surface area (Å²) < 4.78 is 0. The van der Waals surface area contributed by atoms with Crippen molar-refractivity contribution in [1.29, 1.82) is 0 Å². The fraction of sp³-hybridized carbons (Fsp3) is 0.133. The van der Waals surface area contributed by atoms with Gasteiger partial charge in [-0.3, -0.25) is 4.98 Å². The summed E-state index contributed by atoms with van der Waals surface area (Å²) in [6.45, 7) is 11.2. The van der Waals surface area contributed by atoms with Gasteiger partial charge in [0.2, 0.25) is 0 Å². The summed E-state index contributed by atoms with van der Waals surface area (Å²) in [6.07, 6.45) is 8.61. The summed E-state index contributed by atoms with van der Waals surface area (Å²) in [7, 11) is 0. The lowest BCUT2D eigenvalue weighted by atomic mass is 10.2. The van der Waals surface area contributed by atoms with Crippen molar-refractivity contribution in [3.05, 3.63) is 66.5 Å². The van der Waals surface area contributed by atoms with Gasteiger partial charge < -0.3 is 0 Å². The van der Waals surface area contributed by atoms with Crippen molar-refractivity contribution in [3.63, 3.8) is 0 Å². The Hall–Kier alpha value is -2.29. The van der Waals surface area contributed by atoms with Gasteiger partial charge in [0.15, 0.2) is 5.82 Å². The molecule has 0 radical (unpaired) electrons. The molecule has 0 fully saturated rings. The van der Waals surface area contributed by atoms with Gasteiger partial charge in [-0.15, -0.1) is 0 Å². The Morgan fingerprint density at radius 2 is 1.67 bits per heavy atom. The van der Waals surface area contributed by atoms with Crippen LogP contribution in [0.25, 0.3) is 12.2 Å². The number of rotatable bonds is 2. The zero-order valence-electron chi connectivity index (χ0n) is 10.8. The maximum atomic E-state index is 4.18. The van der Waals surface area contributed by atoms with Crippen LogP contribution in [0.1, 0.15) is 22.6 Å². The molecular formula is C15H17N3. The van der Waals surface area contributed by atoms with Crippen molar-refractivity contribution in [3.8, 4) is 0 Å². The van der Waals surface area contributed by atoms with Crippen LogP contribution in [0.15, 0.2) is 43.9 Å². The molecule has 0 saturated carbocycles. The Bertz CT molecular complexity index is 519. The third-order valence-corrected chi connectivity index (χ3v) is 2.37. The Labute approximate surface area is 108 Å². The first-order valence-corrected chi connectivity index (χ1v) is 5.62. The minimum atomic E-state index is 0.674. The van der Waals surface area contributed by atoms with Gasteiger partial charge in [0.05, 0.1) is 0 Å². The first-order valence-electron chi connectivity index (χ1n) is 5.62. The fourth-order valence-corrected chi connectivity index (χ4v) is 1.19. The maximum absolute atomic E-state index is 4.18. The summed E-state index contributed by atoms with van der Waals surface area (Å²) in [5.74, 6) is 0.674. The lowest BCUT2D eigenvalue weighted by molar-refractivity contribution is 1.14. The van der Waals surface area contributed by atoms with E-state index in [0.717, 1.165) is 11.3 Å². The largest absolute Gasteiger partial charge is 0.261 e. The summed E-state index contributed by atoms with van der Waals surface area (Å²) in [5.41, 5.74) is 3.39. The predicted molar refractivity (Wildman–Crippen MR) is 75.9 cm³/mol. The highest BCUT2D eigenvalue weighted by Gasteiger charge is 1.92. The number of nitrogens with zero attached hydrogens (tertiary/aromatic N) is 3. The van der Waals surface area contributed by atoms with E-state index in [1.807, 2.05) is 13.1 Å². The molecule has 0 unspecified atom stereocenters. The summed E-state index contributed by atoms with van der Waals surface area (Å²) in [6, 6.07) is 3.85. The number of hydrogen-bond donors (Lipinski definition) is 0. The van der Waals surface area contributed by atoms with Crippen molar-refractivity contribution >= 4 is 12.2 Å². The van der Waals surface area contributed by atoms with Crippen LogP contribution < -0.4 is 0 Å². The molecule has 0 N–H and O–H groups in total. The van der Waals surface area contributed by atoms with E-state index in [2.05, 4.69) is 41.1 Å². The second kappa shape index (κ2) is 7.12. The van der Waals surface area contributed by atoms with Crippen LogP contribution >= 0.6 is 0 Å². The van der Waals surface area contributed by atoms with Crippen molar-refractivity contribution in [2.45, 2.75) is 13.8 Å². The minimum Gasteiger partial charge on any atom is -0.261 e. The van der Waals surface area contributed by atoms with Crippen molar-refractivity contribution in [2.24, 2.45) is 0 Å². The van der Waals surface area contributed by atoms with Crippen LogP contribution in [0, 0.1) is 13.8 Å². The Morgan fingerprint density at radius 1 is 1.00 bits per heavy atom. The second-order valence-electron chi connectivity index (χ2n) is 3.69. The molecule has 0 amide bonds. The first-order chi connectivity index (χ1) is 8.67. The Morgan fingerprint density at radius 3 is 2.11 bits per heavy atom. The average molecular weight is 239 g/mol. The van der Waals surface area contributed by atoms with Crippen LogP contribution in [0.2, 0.25) is 0 Å². The highest BCUT2D eigenvalue weighted by molar-refractivity contribution is 5.46. The van der Waals surface area contributed by atoms with Crippen molar-refractivity contribution in [2.75, 3.05) is 0 Å². The molecule has 0 spiro atoms. The molecule has 0 atom stereocenters. The summed E-state index contributed by atoms with van der Waals surface area (Å²) >= 11 is 0. The molecule has 2 rings (SSSR count). The molecule has 0 bridgehead atoms. The number of hydrogen-bond acceptors (Lipinski definition) is 3. The van der Waals surface area contributed by atoms with E-state index >= 15 is 0 Å². The SMILES string of the molecule is C=Cc1cnc(C)c(C)c1.C=Cc1ncccn1. The summed E-state index contributed by atoms with van der Waals surface area (Å²) in [4.78, 5) is 11.9. The van der Waals surface area contributed by atoms with Gasteiger partial charge in [-0.1, -0.05) is 19.2 Å². The number of aromatic nitrogens is 3. The van der Waals surface area contributed by atoms with E-state index in [-0.39, 0.29) is 0 Å². The fourth-order valence-electron chi connectivity index (χ4n) is 1.19. The highest BCUT2D eigenvalue weighted by atomic mass is 14.8. The van der Waals surface area contributed by atoms with Gasteiger partial charge in [-0.05, 0) is 43.2 Å². The minimum absolute atomic E-state index is 0.674. The van der Waals surface area contributed by atoms with E-state index in [0.29, 0.717) is 5.82 Å². The first kappa shape index (κ1) is 13.8. The van der Waals surface area contributed by atoms with Crippen LogP contribution in [0.5, 0.6) is 0 Å². The van der Waals surface area contributed by atoms with Gasteiger partial charge in [-0.2, -0.15) is 0 Å². The van der Waals surface area contributed by atoms with Crippen LogP contribution in [-0.4, -0.2) is 15.0 Å². The number of aryl methyl sites for hydroxylation is 2. The molecule has 18 heavy (non-hydrogen) atoms. The predicted octanol–water partition coefficient (Wildman–Crippen LogP) is 3.46. The highest BCUT2D eigenvalue weighted by Crippen LogP contribution is 2.06. The van der Waals surface area contributed by atoms with Crippen LogP contribution in [0.4, 0.5) is 0 Å². The second-order valence-corrected chi connectivity index (χ2v) is 3.69. The van der Waals surface area contributed by atoms with E-state index in [1.54, 1.807) is 30.6 Å². The van der Waals surface area contributed by atoms with Crippen molar-refractivity contribution in [1.82, 2.24) is 15.0 Å². The maximum Gasteiger partial charge on any atom is 0.151 e. The molecular weight excluding hydrogens is 222 g/mol. The molecule has 0 saturated heterocycles. The molecule has 0 aliphatic rings. The standard InChI is InChI=1S/C9H11N.C6H6N2/c1-4-9-5-7(2)8(3)10-6-9;1-2-6-7-4-3-5-8-6/h4-6H,1H2,2-3H3;2-5H,1H2. The quantitative estimate of drug-likeness (QED) is 0.805. The third kappa shape index (κ3) is 4.29. The van der Waals surface area contributed by atoms with Crippen LogP contribution in [0.3, 0.4) is 0 Å². The molecule has 2 heterocycles. The smallest absolute Gasteiger partial charge is 0.151 e. The van der Waals surface area contributed by atoms with Gasteiger partial charge in [0.25, 0.3) is 0 Å². The normalized spacial score (nSPS) is 9.00. The van der Waals surface area contributed by atoms with Gasteiger partial charge in [-0.25, -0.2) is 9.97 Å². The van der Waals surface area contributed by atoms with Crippen LogP contribution in [-0.2, 0) is 0 Å². The number of pyridine rings is 1. The Kier molecular flexibility index (Phi) is 5.45. The van der Waals surface area contributed by atoms with E-state index in [9.17, 15) is 0 Å². The molecule has 2 aromatic heterocycles. The van der Waals surface area contributed by atoms with Gasteiger partial charge >= 0.3 is 0 Å². The van der Waals surface area contributed by atoms with Crippen molar-refractivity contribution < 1.29 is 0 Å². The molecule has 0 aromatic carbocycles. The molecule has 0 aliphatic heterocycles. The van der Waals surface area contributed by atoms with E-state index in [4.69, 9.17) is 0 Å². The van der Waals surface area contributed by atoms with Gasteiger partial charge in [0, 0.05) is 24.3 Å². The molecule has 3 heteroatoms. The molecule has 3 nitrogen and oxygen atoms in total. The zero-order chi connectivity index (χ0) is 13.4.